The molecule has 5 rings (SSSR count). The van der Waals surface area contributed by atoms with Gasteiger partial charge >= 0.3 is 0 Å². The van der Waals surface area contributed by atoms with Gasteiger partial charge in [0.1, 0.15) is 11.3 Å². The van der Waals surface area contributed by atoms with Crippen molar-refractivity contribution in [1.29, 1.82) is 0 Å². The van der Waals surface area contributed by atoms with Gasteiger partial charge in [0.05, 0.1) is 0 Å². The molecule has 2 aromatic rings. The first-order chi connectivity index (χ1) is 16.6. The number of primary amides is 1. The van der Waals surface area contributed by atoms with Crippen LogP contribution in [0.15, 0.2) is 42.5 Å². The lowest BCUT2D eigenvalue weighted by molar-refractivity contribution is -0.134. The third kappa shape index (κ3) is 4.53. The molecule has 0 spiro atoms. The van der Waals surface area contributed by atoms with Crippen LogP contribution in [0.5, 0.6) is 5.75 Å². The van der Waals surface area contributed by atoms with Crippen LogP contribution in [-0.2, 0) is 17.6 Å². The molecule has 3 N–H and O–H groups in total. The molecule has 0 radical (unpaired) electrons. The van der Waals surface area contributed by atoms with Gasteiger partial charge in [0, 0.05) is 31.0 Å². The second-order valence-electron chi connectivity index (χ2n) is 10.2. The van der Waals surface area contributed by atoms with Crippen LogP contribution in [0.3, 0.4) is 0 Å². The standard InChI is InChI=1S/C28H38N4O2/c29-27(34)28(31-16-4-1-5-17-31)13-19-30(20-14-28)15-6-18-32-25-8-3-2-7-22(25)9-10-23-21-24(33)11-12-26(23)32/h2-3,7-8,11-12,21,33H,1,4-6,9-10,13-20H2,(H2,29,34). The molecule has 0 unspecified atom stereocenters. The number of rotatable bonds is 6. The maximum absolute atomic E-state index is 12.5. The smallest absolute Gasteiger partial charge is 0.238 e. The third-order valence-electron chi connectivity index (χ3n) is 8.26. The van der Waals surface area contributed by atoms with E-state index in [1.54, 1.807) is 6.07 Å². The predicted molar refractivity (Wildman–Crippen MR) is 137 cm³/mol. The van der Waals surface area contributed by atoms with Crippen molar-refractivity contribution in [3.63, 3.8) is 0 Å². The summed E-state index contributed by atoms with van der Waals surface area (Å²) in [6.45, 7) is 5.82. The third-order valence-corrected chi connectivity index (χ3v) is 8.26. The first-order valence-electron chi connectivity index (χ1n) is 13.0. The van der Waals surface area contributed by atoms with Gasteiger partial charge in [-0.25, -0.2) is 0 Å². The van der Waals surface area contributed by atoms with Crippen molar-refractivity contribution in [1.82, 2.24) is 9.80 Å². The number of benzene rings is 2. The Labute approximate surface area is 203 Å². The lowest BCUT2D eigenvalue weighted by Gasteiger charge is -2.48. The average Bonchev–Trinajstić information content (AvgIpc) is 3.02. The largest absolute Gasteiger partial charge is 0.508 e. The minimum absolute atomic E-state index is 0.130. The monoisotopic (exact) mass is 462 g/mol. The van der Waals surface area contributed by atoms with E-state index in [0.717, 1.165) is 71.4 Å². The maximum Gasteiger partial charge on any atom is 0.238 e. The van der Waals surface area contributed by atoms with Gasteiger partial charge < -0.3 is 20.6 Å². The molecule has 0 saturated carbocycles. The highest BCUT2D eigenvalue weighted by molar-refractivity contribution is 5.85. The molecule has 6 nitrogen and oxygen atoms in total. The van der Waals surface area contributed by atoms with Crippen LogP contribution >= 0.6 is 0 Å². The molecule has 2 fully saturated rings. The van der Waals surface area contributed by atoms with Crippen molar-refractivity contribution < 1.29 is 9.90 Å². The number of phenolic OH excluding ortho intramolecular Hbond substituents is 1. The molecule has 2 saturated heterocycles. The number of amides is 1. The van der Waals surface area contributed by atoms with Crippen LogP contribution in [-0.4, -0.2) is 65.6 Å². The molecule has 0 aromatic heterocycles. The molecule has 182 valence electrons. The van der Waals surface area contributed by atoms with Gasteiger partial charge in [-0.3, -0.25) is 9.69 Å². The summed E-state index contributed by atoms with van der Waals surface area (Å²) in [4.78, 5) is 19.9. The number of nitrogens with zero attached hydrogens (tertiary/aromatic N) is 3. The number of hydrogen-bond donors (Lipinski definition) is 2. The highest BCUT2D eigenvalue weighted by atomic mass is 16.3. The fraction of sp³-hybridized carbons (Fsp3) is 0.536. The molecule has 3 aliphatic heterocycles. The summed E-state index contributed by atoms with van der Waals surface area (Å²) < 4.78 is 0. The molecule has 3 heterocycles. The highest BCUT2D eigenvalue weighted by Crippen LogP contribution is 2.38. The quantitative estimate of drug-likeness (QED) is 0.683. The number of nitrogens with two attached hydrogens (primary N) is 1. The molecule has 1 amide bonds. The zero-order valence-electron chi connectivity index (χ0n) is 20.2. The minimum atomic E-state index is -0.443. The van der Waals surface area contributed by atoms with Crippen molar-refractivity contribution in [3.8, 4) is 5.75 Å². The second-order valence-corrected chi connectivity index (χ2v) is 10.2. The lowest BCUT2D eigenvalue weighted by atomic mass is 9.83. The summed E-state index contributed by atoms with van der Waals surface area (Å²) >= 11 is 0. The van der Waals surface area contributed by atoms with Crippen LogP contribution in [0.1, 0.15) is 49.7 Å². The summed E-state index contributed by atoms with van der Waals surface area (Å²) in [5.74, 6) is 0.208. The Kier molecular flexibility index (Phi) is 6.79. The lowest BCUT2D eigenvalue weighted by Crippen LogP contribution is -2.63. The van der Waals surface area contributed by atoms with E-state index in [9.17, 15) is 9.90 Å². The van der Waals surface area contributed by atoms with Gasteiger partial charge in [-0.1, -0.05) is 24.6 Å². The Hall–Kier alpha value is -2.57. The number of carbonyl (C=O) groups excluding carboxylic acids is 1. The Morgan fingerprint density at radius 3 is 2.35 bits per heavy atom. The number of fused-ring (bicyclic) bond motifs is 2. The van der Waals surface area contributed by atoms with Crippen molar-refractivity contribution in [2.45, 2.75) is 56.9 Å². The number of aryl methyl sites for hydroxylation is 2. The van der Waals surface area contributed by atoms with Crippen LogP contribution < -0.4 is 10.6 Å². The zero-order valence-corrected chi connectivity index (χ0v) is 20.2. The SMILES string of the molecule is NC(=O)C1(N2CCCCC2)CCN(CCCN2c3ccccc3CCc3cc(O)ccc32)CC1. The number of likely N-dealkylation sites (tertiary alicyclic amines) is 2. The summed E-state index contributed by atoms with van der Waals surface area (Å²) in [5.41, 5.74) is 10.6. The number of anilines is 2. The fourth-order valence-electron chi connectivity index (χ4n) is 6.30. The molecule has 0 aliphatic carbocycles. The van der Waals surface area contributed by atoms with Crippen LogP contribution in [0.4, 0.5) is 11.4 Å². The predicted octanol–water partition coefficient (Wildman–Crippen LogP) is 3.82. The van der Waals surface area contributed by atoms with Gasteiger partial charge in [0.25, 0.3) is 0 Å². The van der Waals surface area contributed by atoms with Gasteiger partial charge in [-0.05, 0) is 100.0 Å². The summed E-state index contributed by atoms with van der Waals surface area (Å²) in [5, 5.41) is 10.0. The van der Waals surface area contributed by atoms with Gasteiger partial charge in [-0.15, -0.1) is 0 Å². The van der Waals surface area contributed by atoms with Crippen LogP contribution in [0.25, 0.3) is 0 Å². The first-order valence-corrected chi connectivity index (χ1v) is 13.0. The van der Waals surface area contributed by atoms with E-state index < -0.39 is 5.54 Å². The van der Waals surface area contributed by atoms with E-state index in [1.807, 2.05) is 6.07 Å². The van der Waals surface area contributed by atoms with Crippen LogP contribution in [0.2, 0.25) is 0 Å². The van der Waals surface area contributed by atoms with Crippen molar-refractivity contribution in [3.05, 3.63) is 53.6 Å². The molecular formula is C28H38N4O2. The Bertz CT molecular complexity index is 1010. The summed E-state index contributed by atoms with van der Waals surface area (Å²) in [7, 11) is 0. The van der Waals surface area contributed by atoms with E-state index in [-0.39, 0.29) is 5.91 Å². The molecule has 34 heavy (non-hydrogen) atoms. The number of phenols is 1. The first kappa shape index (κ1) is 23.2. The molecule has 6 heteroatoms. The summed E-state index contributed by atoms with van der Waals surface area (Å²) in [6.07, 6.45) is 8.27. The topological polar surface area (TPSA) is 73.0 Å². The van der Waals surface area contributed by atoms with E-state index in [1.165, 1.54) is 41.8 Å². The normalized spacial score (nSPS) is 20.9. The minimum Gasteiger partial charge on any atom is -0.508 e. The number of piperidine rings is 2. The van der Waals surface area contributed by atoms with Gasteiger partial charge in [-0.2, -0.15) is 0 Å². The van der Waals surface area contributed by atoms with Crippen LogP contribution in [0, 0.1) is 0 Å². The van der Waals surface area contributed by atoms with Crippen molar-refractivity contribution in [2.24, 2.45) is 5.73 Å². The van der Waals surface area contributed by atoms with E-state index in [4.69, 9.17) is 5.73 Å². The van der Waals surface area contributed by atoms with Crippen molar-refractivity contribution in [2.75, 3.05) is 44.2 Å². The van der Waals surface area contributed by atoms with E-state index >= 15 is 0 Å². The Balaban J connectivity index is 1.24. The second kappa shape index (κ2) is 9.96. The molecule has 2 aromatic carbocycles. The number of carbonyl (C=O) groups is 1. The van der Waals surface area contributed by atoms with E-state index in [0.29, 0.717) is 5.75 Å². The van der Waals surface area contributed by atoms with Gasteiger partial charge in [0.2, 0.25) is 5.91 Å². The maximum atomic E-state index is 12.5. The number of aromatic hydroxyl groups is 1. The van der Waals surface area contributed by atoms with E-state index in [2.05, 4.69) is 45.0 Å². The molecule has 0 bridgehead atoms. The Morgan fingerprint density at radius 1 is 0.882 bits per heavy atom. The Morgan fingerprint density at radius 2 is 1.59 bits per heavy atom. The molecule has 3 aliphatic rings. The molecule has 0 atom stereocenters. The average molecular weight is 463 g/mol. The zero-order chi connectivity index (χ0) is 23.5. The summed E-state index contributed by atoms with van der Waals surface area (Å²) in [6, 6.07) is 14.5. The number of para-hydroxylation sites is 1. The van der Waals surface area contributed by atoms with Crippen molar-refractivity contribution >= 4 is 17.3 Å². The number of hydrogen-bond acceptors (Lipinski definition) is 5. The highest BCUT2D eigenvalue weighted by Gasteiger charge is 2.44. The van der Waals surface area contributed by atoms with Gasteiger partial charge in [0.15, 0.2) is 0 Å². The molecular weight excluding hydrogens is 424 g/mol. The fourth-order valence-corrected chi connectivity index (χ4v) is 6.30.